The molecule has 0 bridgehead atoms. The van der Waals surface area contributed by atoms with Crippen LogP contribution in [0.4, 0.5) is 13.2 Å². The van der Waals surface area contributed by atoms with Crippen LogP contribution in [0.3, 0.4) is 0 Å². The minimum atomic E-state index is -4.48. The third kappa shape index (κ3) is 3.84. The van der Waals surface area contributed by atoms with Crippen LogP contribution in [0.2, 0.25) is 0 Å². The van der Waals surface area contributed by atoms with Crippen molar-refractivity contribution in [3.05, 3.63) is 29.8 Å². The highest BCUT2D eigenvalue weighted by molar-refractivity contribution is 5.36. The number of epoxide rings is 1. The first-order valence-corrected chi connectivity index (χ1v) is 6.04. The van der Waals surface area contributed by atoms with Crippen molar-refractivity contribution in [1.82, 2.24) is 0 Å². The van der Waals surface area contributed by atoms with E-state index in [1.165, 1.54) is 18.2 Å². The number of halogens is 3. The van der Waals surface area contributed by atoms with E-state index in [4.69, 9.17) is 14.2 Å². The highest BCUT2D eigenvalue weighted by Crippen LogP contribution is 2.40. The average Bonchev–Trinajstić information content (AvgIpc) is 3.14. The molecule has 19 heavy (non-hydrogen) atoms. The Morgan fingerprint density at radius 3 is 2.63 bits per heavy atom. The molecule has 1 heterocycles. The molecule has 1 aromatic carbocycles. The second-order valence-electron chi connectivity index (χ2n) is 4.18. The molecule has 1 aliphatic rings. The van der Waals surface area contributed by atoms with Crippen molar-refractivity contribution in [3.8, 4) is 5.75 Å². The molecule has 0 spiro atoms. The topological polar surface area (TPSA) is 31.0 Å². The van der Waals surface area contributed by atoms with Crippen LogP contribution in [0.25, 0.3) is 0 Å². The molecule has 2 rings (SSSR count). The predicted octanol–water partition coefficient (Wildman–Crippen LogP) is 3.10. The standard InChI is InChI=1S/C13H15F3O3/c1-2-17-11-6-4-3-5-10(11)12(13(14,15)16)19-8-9-7-18-9/h3-6,9,12H,2,7-8H2,1H3. The molecule has 1 aromatic rings. The summed E-state index contributed by atoms with van der Waals surface area (Å²) >= 11 is 0. The lowest BCUT2D eigenvalue weighted by Crippen LogP contribution is -2.25. The highest BCUT2D eigenvalue weighted by Gasteiger charge is 2.44. The van der Waals surface area contributed by atoms with Crippen molar-refractivity contribution in [3.63, 3.8) is 0 Å². The van der Waals surface area contributed by atoms with E-state index in [0.717, 1.165) is 0 Å². The number of para-hydroxylation sites is 1. The third-order valence-electron chi connectivity index (χ3n) is 2.65. The SMILES string of the molecule is CCOc1ccccc1C(OCC1CO1)C(F)(F)F. The molecular formula is C13H15F3O3. The molecule has 1 aliphatic heterocycles. The maximum atomic E-state index is 13.1. The van der Waals surface area contributed by atoms with E-state index in [1.54, 1.807) is 13.0 Å². The Morgan fingerprint density at radius 1 is 1.37 bits per heavy atom. The van der Waals surface area contributed by atoms with Gasteiger partial charge in [-0.05, 0) is 13.0 Å². The molecule has 2 unspecified atom stereocenters. The molecule has 2 atom stereocenters. The number of benzene rings is 1. The van der Waals surface area contributed by atoms with Gasteiger partial charge in [0.2, 0.25) is 0 Å². The average molecular weight is 276 g/mol. The van der Waals surface area contributed by atoms with Gasteiger partial charge < -0.3 is 14.2 Å². The van der Waals surface area contributed by atoms with Gasteiger partial charge in [-0.1, -0.05) is 18.2 Å². The van der Waals surface area contributed by atoms with Crippen LogP contribution in [0.1, 0.15) is 18.6 Å². The van der Waals surface area contributed by atoms with E-state index in [0.29, 0.717) is 13.2 Å². The Kier molecular flexibility index (Phi) is 4.31. The normalized spacial score (nSPS) is 20.1. The first-order valence-electron chi connectivity index (χ1n) is 6.04. The summed E-state index contributed by atoms with van der Waals surface area (Å²) in [5.74, 6) is 0.198. The molecule has 0 saturated carbocycles. The van der Waals surface area contributed by atoms with Crippen molar-refractivity contribution in [2.45, 2.75) is 25.3 Å². The van der Waals surface area contributed by atoms with Crippen LogP contribution < -0.4 is 4.74 Å². The molecule has 0 aliphatic carbocycles. The van der Waals surface area contributed by atoms with E-state index in [1.807, 2.05) is 0 Å². The van der Waals surface area contributed by atoms with Crippen LogP contribution in [0.5, 0.6) is 5.75 Å². The van der Waals surface area contributed by atoms with Crippen molar-refractivity contribution < 1.29 is 27.4 Å². The van der Waals surface area contributed by atoms with Crippen molar-refractivity contribution in [1.29, 1.82) is 0 Å². The Labute approximate surface area is 109 Å². The van der Waals surface area contributed by atoms with Gasteiger partial charge in [0.15, 0.2) is 6.10 Å². The minimum absolute atomic E-state index is 0.00231. The molecular weight excluding hydrogens is 261 g/mol. The molecule has 0 N–H and O–H groups in total. The lowest BCUT2D eigenvalue weighted by molar-refractivity contribution is -0.225. The number of ether oxygens (including phenoxy) is 3. The zero-order valence-corrected chi connectivity index (χ0v) is 10.4. The molecule has 0 aromatic heterocycles. The highest BCUT2D eigenvalue weighted by atomic mass is 19.4. The molecule has 1 saturated heterocycles. The summed E-state index contributed by atoms with van der Waals surface area (Å²) in [6.07, 6.45) is -6.69. The molecule has 0 amide bonds. The van der Waals surface area contributed by atoms with Gasteiger partial charge in [-0.3, -0.25) is 0 Å². The predicted molar refractivity (Wildman–Crippen MR) is 62.1 cm³/mol. The van der Waals surface area contributed by atoms with Gasteiger partial charge in [-0.2, -0.15) is 13.2 Å². The van der Waals surface area contributed by atoms with Crippen molar-refractivity contribution in [2.24, 2.45) is 0 Å². The second-order valence-corrected chi connectivity index (χ2v) is 4.18. The summed E-state index contributed by atoms with van der Waals surface area (Å²) in [5, 5.41) is 0. The summed E-state index contributed by atoms with van der Waals surface area (Å²) in [4.78, 5) is 0. The maximum absolute atomic E-state index is 13.1. The van der Waals surface area contributed by atoms with Crippen LogP contribution in [0, 0.1) is 0 Å². The minimum Gasteiger partial charge on any atom is -0.493 e. The Balaban J connectivity index is 2.20. The van der Waals surface area contributed by atoms with Gasteiger partial charge in [0.25, 0.3) is 0 Å². The zero-order valence-electron chi connectivity index (χ0n) is 10.4. The first-order chi connectivity index (χ1) is 9.02. The van der Waals surface area contributed by atoms with Gasteiger partial charge in [0.1, 0.15) is 11.9 Å². The van der Waals surface area contributed by atoms with E-state index < -0.39 is 12.3 Å². The molecule has 0 radical (unpaired) electrons. The van der Waals surface area contributed by atoms with Crippen LogP contribution in [-0.4, -0.2) is 32.1 Å². The fourth-order valence-electron chi connectivity index (χ4n) is 1.71. The molecule has 6 heteroatoms. The van der Waals surface area contributed by atoms with Gasteiger partial charge in [-0.25, -0.2) is 0 Å². The first kappa shape index (κ1) is 14.1. The summed E-state index contributed by atoms with van der Waals surface area (Å²) in [5.41, 5.74) is -0.00231. The largest absolute Gasteiger partial charge is 0.493 e. The Hall–Kier alpha value is -1.27. The smallest absolute Gasteiger partial charge is 0.418 e. The van der Waals surface area contributed by atoms with Crippen molar-refractivity contribution >= 4 is 0 Å². The number of rotatable bonds is 6. The third-order valence-corrected chi connectivity index (χ3v) is 2.65. The van der Waals surface area contributed by atoms with E-state index in [2.05, 4.69) is 0 Å². The Bertz CT molecular complexity index is 416. The van der Waals surface area contributed by atoms with Crippen molar-refractivity contribution in [2.75, 3.05) is 19.8 Å². The summed E-state index contributed by atoms with van der Waals surface area (Å²) in [7, 11) is 0. The maximum Gasteiger partial charge on any atom is 0.418 e. The zero-order chi connectivity index (χ0) is 13.9. The van der Waals surface area contributed by atoms with Gasteiger partial charge in [-0.15, -0.1) is 0 Å². The number of hydrogen-bond donors (Lipinski definition) is 0. The quantitative estimate of drug-likeness (QED) is 0.748. The van der Waals surface area contributed by atoms with E-state index in [9.17, 15) is 13.2 Å². The number of alkyl halides is 3. The van der Waals surface area contributed by atoms with Crippen LogP contribution in [0.15, 0.2) is 24.3 Å². The fourth-order valence-corrected chi connectivity index (χ4v) is 1.71. The fraction of sp³-hybridized carbons (Fsp3) is 0.538. The lowest BCUT2D eigenvalue weighted by Gasteiger charge is -2.23. The summed E-state index contributed by atoms with van der Waals surface area (Å²) in [6, 6.07) is 6.05. The van der Waals surface area contributed by atoms with Gasteiger partial charge >= 0.3 is 6.18 Å². The van der Waals surface area contributed by atoms with Gasteiger partial charge in [0.05, 0.1) is 19.8 Å². The van der Waals surface area contributed by atoms with Crippen LogP contribution in [-0.2, 0) is 9.47 Å². The van der Waals surface area contributed by atoms with E-state index >= 15 is 0 Å². The monoisotopic (exact) mass is 276 g/mol. The lowest BCUT2D eigenvalue weighted by atomic mass is 10.1. The van der Waals surface area contributed by atoms with Crippen LogP contribution >= 0.6 is 0 Å². The second kappa shape index (κ2) is 5.79. The van der Waals surface area contributed by atoms with Gasteiger partial charge in [0, 0.05) is 5.56 Å². The molecule has 106 valence electrons. The summed E-state index contributed by atoms with van der Waals surface area (Å²) in [6.45, 7) is 2.41. The molecule has 3 nitrogen and oxygen atoms in total. The Morgan fingerprint density at radius 2 is 2.05 bits per heavy atom. The van der Waals surface area contributed by atoms with E-state index in [-0.39, 0.29) is 24.0 Å². The summed E-state index contributed by atoms with van der Waals surface area (Å²) < 4.78 is 54.3. The molecule has 1 fully saturated rings. The number of hydrogen-bond acceptors (Lipinski definition) is 3.